The molecule has 2 N–H and O–H groups in total. The summed E-state index contributed by atoms with van der Waals surface area (Å²) in [4.78, 5) is 2.06. The first-order valence-corrected chi connectivity index (χ1v) is 5.88. The normalized spacial score (nSPS) is 10.4. The van der Waals surface area contributed by atoms with Gasteiger partial charge < -0.3 is 10.6 Å². The maximum atomic E-state index is 13.2. The van der Waals surface area contributed by atoms with Crippen LogP contribution in [0.4, 0.5) is 15.8 Å². The van der Waals surface area contributed by atoms with E-state index in [1.54, 1.807) is 13.0 Å². The monoisotopic (exact) mass is 244 g/mol. The van der Waals surface area contributed by atoms with Crippen molar-refractivity contribution in [2.75, 3.05) is 17.7 Å². The minimum atomic E-state index is -0.166. The van der Waals surface area contributed by atoms with Gasteiger partial charge in [-0.05, 0) is 36.2 Å². The van der Waals surface area contributed by atoms with Gasteiger partial charge in [0, 0.05) is 13.6 Å². The Morgan fingerprint density at radius 2 is 1.89 bits per heavy atom. The number of hydrogen-bond donors (Lipinski definition) is 1. The fourth-order valence-electron chi connectivity index (χ4n) is 2.00. The Bertz CT molecular complexity index is 552. The van der Waals surface area contributed by atoms with Gasteiger partial charge in [0.25, 0.3) is 0 Å². The van der Waals surface area contributed by atoms with E-state index >= 15 is 0 Å². The predicted octanol–water partition coefficient (Wildman–Crippen LogP) is 3.35. The lowest BCUT2D eigenvalue weighted by molar-refractivity contribution is 0.617. The number of aryl methyl sites for hydroxylation is 1. The van der Waals surface area contributed by atoms with Crippen molar-refractivity contribution in [1.29, 1.82) is 0 Å². The molecule has 2 rings (SSSR count). The van der Waals surface area contributed by atoms with Crippen LogP contribution < -0.4 is 10.6 Å². The molecule has 0 spiro atoms. The zero-order valence-corrected chi connectivity index (χ0v) is 10.7. The van der Waals surface area contributed by atoms with Crippen LogP contribution in [0.2, 0.25) is 0 Å². The second-order valence-corrected chi connectivity index (χ2v) is 4.50. The zero-order chi connectivity index (χ0) is 13.1. The highest BCUT2D eigenvalue weighted by molar-refractivity contribution is 5.66. The molecule has 2 aromatic rings. The first-order valence-electron chi connectivity index (χ1n) is 5.88. The number of halogens is 1. The fourth-order valence-corrected chi connectivity index (χ4v) is 2.00. The standard InChI is InChI=1S/C15H17FN2/c1-11-9-12(7-8-13(11)16)10-18(2)15-6-4-3-5-14(15)17/h3-9H,10,17H2,1-2H3. The van der Waals surface area contributed by atoms with Crippen LogP contribution in [0.5, 0.6) is 0 Å². The molecule has 0 bridgehead atoms. The first kappa shape index (κ1) is 12.4. The molecule has 0 saturated heterocycles. The van der Waals surface area contributed by atoms with E-state index in [9.17, 15) is 4.39 Å². The van der Waals surface area contributed by atoms with E-state index in [4.69, 9.17) is 5.73 Å². The van der Waals surface area contributed by atoms with Crippen molar-refractivity contribution in [3.8, 4) is 0 Å². The quantitative estimate of drug-likeness (QED) is 0.839. The number of nitrogen functional groups attached to an aromatic ring is 1. The molecule has 0 amide bonds. The van der Waals surface area contributed by atoms with E-state index in [1.165, 1.54) is 6.07 Å². The third-order valence-electron chi connectivity index (χ3n) is 2.99. The van der Waals surface area contributed by atoms with E-state index < -0.39 is 0 Å². The molecule has 0 aliphatic rings. The van der Waals surface area contributed by atoms with Crippen LogP contribution in [0, 0.1) is 12.7 Å². The van der Waals surface area contributed by atoms with Gasteiger partial charge in [0.2, 0.25) is 0 Å². The Balaban J connectivity index is 2.19. The van der Waals surface area contributed by atoms with Gasteiger partial charge in [0.05, 0.1) is 11.4 Å². The number of rotatable bonds is 3. The molecule has 2 nitrogen and oxygen atoms in total. The smallest absolute Gasteiger partial charge is 0.126 e. The lowest BCUT2D eigenvalue weighted by atomic mass is 10.1. The molecule has 0 heterocycles. The van der Waals surface area contributed by atoms with Crippen molar-refractivity contribution >= 4 is 11.4 Å². The topological polar surface area (TPSA) is 29.3 Å². The van der Waals surface area contributed by atoms with E-state index in [1.807, 2.05) is 37.4 Å². The Labute approximate surface area is 107 Å². The van der Waals surface area contributed by atoms with Crippen molar-refractivity contribution in [2.45, 2.75) is 13.5 Å². The fraction of sp³-hybridized carbons (Fsp3) is 0.200. The van der Waals surface area contributed by atoms with E-state index in [0.717, 1.165) is 16.9 Å². The molecule has 94 valence electrons. The van der Waals surface area contributed by atoms with Crippen LogP contribution in [0.25, 0.3) is 0 Å². The maximum absolute atomic E-state index is 13.2. The van der Waals surface area contributed by atoms with Crippen molar-refractivity contribution in [3.05, 3.63) is 59.4 Å². The van der Waals surface area contributed by atoms with E-state index in [0.29, 0.717) is 12.1 Å². The van der Waals surface area contributed by atoms with Crippen LogP contribution in [-0.4, -0.2) is 7.05 Å². The van der Waals surface area contributed by atoms with Gasteiger partial charge >= 0.3 is 0 Å². The Morgan fingerprint density at radius 3 is 2.56 bits per heavy atom. The molecule has 0 radical (unpaired) electrons. The molecule has 0 aliphatic carbocycles. The van der Waals surface area contributed by atoms with Crippen molar-refractivity contribution in [3.63, 3.8) is 0 Å². The molecule has 0 fully saturated rings. The van der Waals surface area contributed by atoms with Crippen molar-refractivity contribution in [1.82, 2.24) is 0 Å². The minimum absolute atomic E-state index is 0.166. The molecule has 0 atom stereocenters. The molecule has 18 heavy (non-hydrogen) atoms. The Hall–Kier alpha value is -2.03. The summed E-state index contributed by atoms with van der Waals surface area (Å²) in [7, 11) is 1.98. The summed E-state index contributed by atoms with van der Waals surface area (Å²) in [6.07, 6.45) is 0. The summed E-state index contributed by atoms with van der Waals surface area (Å²) in [5.41, 5.74) is 9.40. The average molecular weight is 244 g/mol. The van der Waals surface area contributed by atoms with Gasteiger partial charge in [-0.3, -0.25) is 0 Å². The lowest BCUT2D eigenvalue weighted by Gasteiger charge is -2.21. The highest BCUT2D eigenvalue weighted by atomic mass is 19.1. The molecule has 2 aromatic carbocycles. The van der Waals surface area contributed by atoms with E-state index in [-0.39, 0.29) is 5.82 Å². The van der Waals surface area contributed by atoms with E-state index in [2.05, 4.69) is 4.90 Å². The minimum Gasteiger partial charge on any atom is -0.397 e. The highest BCUT2D eigenvalue weighted by Crippen LogP contribution is 2.23. The summed E-state index contributed by atoms with van der Waals surface area (Å²) < 4.78 is 13.2. The summed E-state index contributed by atoms with van der Waals surface area (Å²) >= 11 is 0. The number of nitrogens with two attached hydrogens (primary N) is 1. The van der Waals surface area contributed by atoms with Gasteiger partial charge in [-0.1, -0.05) is 24.3 Å². The van der Waals surface area contributed by atoms with Crippen LogP contribution in [0.1, 0.15) is 11.1 Å². The second kappa shape index (κ2) is 5.08. The van der Waals surface area contributed by atoms with Crippen molar-refractivity contribution < 1.29 is 4.39 Å². The van der Waals surface area contributed by atoms with Gasteiger partial charge in [-0.2, -0.15) is 0 Å². The van der Waals surface area contributed by atoms with Gasteiger partial charge in [0.15, 0.2) is 0 Å². The van der Waals surface area contributed by atoms with Gasteiger partial charge in [-0.15, -0.1) is 0 Å². The molecule has 0 aliphatic heterocycles. The average Bonchev–Trinajstić information content (AvgIpc) is 2.34. The van der Waals surface area contributed by atoms with Crippen LogP contribution in [0.3, 0.4) is 0 Å². The lowest BCUT2D eigenvalue weighted by Crippen LogP contribution is -2.17. The summed E-state index contributed by atoms with van der Waals surface area (Å²) in [5.74, 6) is -0.166. The van der Waals surface area contributed by atoms with Crippen LogP contribution in [-0.2, 0) is 6.54 Å². The Kier molecular flexibility index (Phi) is 3.51. The second-order valence-electron chi connectivity index (χ2n) is 4.50. The molecular formula is C15H17FN2. The van der Waals surface area contributed by atoms with Crippen molar-refractivity contribution in [2.24, 2.45) is 0 Å². The van der Waals surface area contributed by atoms with Gasteiger partial charge in [-0.25, -0.2) is 4.39 Å². The summed E-state index contributed by atoms with van der Waals surface area (Å²) in [6, 6.07) is 12.9. The predicted molar refractivity (Wildman–Crippen MR) is 74.1 cm³/mol. The molecular weight excluding hydrogens is 227 g/mol. The molecule has 0 aromatic heterocycles. The SMILES string of the molecule is Cc1cc(CN(C)c2ccccc2N)ccc1F. The highest BCUT2D eigenvalue weighted by Gasteiger charge is 2.06. The third-order valence-corrected chi connectivity index (χ3v) is 2.99. The molecule has 0 saturated carbocycles. The van der Waals surface area contributed by atoms with Gasteiger partial charge in [0.1, 0.15) is 5.82 Å². The number of nitrogens with zero attached hydrogens (tertiary/aromatic N) is 1. The first-order chi connectivity index (χ1) is 8.58. The maximum Gasteiger partial charge on any atom is 0.126 e. The number of para-hydroxylation sites is 2. The third kappa shape index (κ3) is 2.62. The molecule has 0 unspecified atom stereocenters. The van der Waals surface area contributed by atoms with Crippen LogP contribution >= 0.6 is 0 Å². The summed E-state index contributed by atoms with van der Waals surface area (Å²) in [6.45, 7) is 2.48. The largest absolute Gasteiger partial charge is 0.397 e. The Morgan fingerprint density at radius 1 is 1.17 bits per heavy atom. The number of benzene rings is 2. The molecule has 3 heteroatoms. The zero-order valence-electron chi connectivity index (χ0n) is 10.7. The number of anilines is 2. The van der Waals surface area contributed by atoms with Crippen LogP contribution in [0.15, 0.2) is 42.5 Å². The number of hydrogen-bond acceptors (Lipinski definition) is 2. The summed E-state index contributed by atoms with van der Waals surface area (Å²) in [5, 5.41) is 0.